The number of benzene rings is 10. The highest BCUT2D eigenvalue weighted by Crippen LogP contribution is 2.52. The molecule has 0 bridgehead atoms. The van der Waals surface area contributed by atoms with Gasteiger partial charge in [-0.2, -0.15) is 0 Å². The van der Waals surface area contributed by atoms with Crippen LogP contribution in [0.2, 0.25) is 0 Å². The number of nitrogens with zero attached hydrogens (tertiary/aromatic N) is 3. The predicted octanol–water partition coefficient (Wildman–Crippen LogP) is 16.8. The molecule has 0 N–H and O–H groups in total. The average molecular weight is 828 g/mol. The molecular weight excluding hydrogens is 791 g/mol. The summed E-state index contributed by atoms with van der Waals surface area (Å²) in [6, 6.07) is 80.8. The van der Waals surface area contributed by atoms with Crippen molar-refractivity contribution in [2.45, 2.75) is 0 Å². The molecule has 10 aromatic carbocycles. The molecule has 302 valence electrons. The average Bonchev–Trinajstić information content (AvgIpc) is 3.92. The second-order valence-electron chi connectivity index (χ2n) is 17.1. The first-order valence-corrected chi connectivity index (χ1v) is 22.2. The van der Waals surface area contributed by atoms with E-state index in [1.165, 1.54) is 49.3 Å². The summed E-state index contributed by atoms with van der Waals surface area (Å²) in [5, 5.41) is 8.22. The van der Waals surface area contributed by atoms with E-state index in [1.807, 2.05) is 0 Å². The molecule has 0 unspecified atom stereocenters. The van der Waals surface area contributed by atoms with Crippen LogP contribution in [-0.2, 0) is 0 Å². The first-order valence-electron chi connectivity index (χ1n) is 22.2. The van der Waals surface area contributed by atoms with Gasteiger partial charge >= 0.3 is 0 Å². The minimum Gasteiger partial charge on any atom is -0.455 e. The molecule has 0 fully saturated rings. The lowest BCUT2D eigenvalue weighted by Crippen LogP contribution is -2.15. The molecule has 14 rings (SSSR count). The Bertz CT molecular complexity index is 4050. The smallest absolute Gasteiger partial charge is 0.143 e. The number of para-hydroxylation sites is 4. The van der Waals surface area contributed by atoms with Gasteiger partial charge in [0.2, 0.25) is 0 Å². The maximum Gasteiger partial charge on any atom is 0.143 e. The fraction of sp³-hybridized carbons (Fsp3) is 0. The zero-order chi connectivity index (χ0) is 42.6. The van der Waals surface area contributed by atoms with Crippen molar-refractivity contribution in [1.29, 1.82) is 0 Å². The summed E-state index contributed by atoms with van der Waals surface area (Å²) in [4.78, 5) is 7.76. The van der Waals surface area contributed by atoms with E-state index in [-0.39, 0.29) is 0 Å². The van der Waals surface area contributed by atoms with Crippen molar-refractivity contribution >= 4 is 82.5 Å². The number of aromatic nitrogens is 2. The first-order chi connectivity index (χ1) is 32.2. The van der Waals surface area contributed by atoms with Crippen LogP contribution in [0, 0.1) is 0 Å². The maximum absolute atomic E-state index is 6.74. The van der Waals surface area contributed by atoms with Gasteiger partial charge in [0.25, 0.3) is 0 Å². The highest BCUT2D eigenvalue weighted by atomic mass is 16.3. The number of hydrogen-bond donors (Lipinski definition) is 0. The van der Waals surface area contributed by atoms with E-state index in [0.717, 1.165) is 83.5 Å². The number of anilines is 3. The number of fused-ring (bicyclic) bond motifs is 10. The van der Waals surface area contributed by atoms with Crippen molar-refractivity contribution in [3.8, 4) is 50.3 Å². The van der Waals surface area contributed by atoms with Crippen LogP contribution in [0.5, 0.6) is 0 Å². The van der Waals surface area contributed by atoms with Crippen LogP contribution in [-0.4, -0.2) is 9.55 Å². The molecule has 0 saturated carbocycles. The summed E-state index contributed by atoms with van der Waals surface area (Å²) in [5.41, 5.74) is 18.6. The predicted molar refractivity (Wildman–Crippen MR) is 271 cm³/mol. The van der Waals surface area contributed by atoms with Crippen molar-refractivity contribution in [2.24, 2.45) is 0 Å². The molecule has 0 radical (unpaired) electrons. The Hall–Kier alpha value is -8.73. The normalized spacial score (nSPS) is 12.3. The molecule has 4 nitrogen and oxygen atoms in total. The molecule has 1 aliphatic heterocycles. The van der Waals surface area contributed by atoms with E-state index in [9.17, 15) is 0 Å². The molecule has 0 spiro atoms. The van der Waals surface area contributed by atoms with Crippen LogP contribution in [0.3, 0.4) is 0 Å². The van der Waals surface area contributed by atoms with Crippen LogP contribution >= 0.6 is 0 Å². The maximum atomic E-state index is 6.74. The third-order valence-electron chi connectivity index (χ3n) is 13.5. The Kier molecular flexibility index (Phi) is 7.65. The van der Waals surface area contributed by atoms with Gasteiger partial charge in [-0.05, 0) is 112 Å². The number of furan rings is 1. The highest BCUT2D eigenvalue weighted by molar-refractivity contribution is 6.20. The summed E-state index contributed by atoms with van der Waals surface area (Å²) in [6.45, 7) is 0. The van der Waals surface area contributed by atoms with Gasteiger partial charge in [-0.15, -0.1) is 0 Å². The topological polar surface area (TPSA) is 34.2 Å². The van der Waals surface area contributed by atoms with Gasteiger partial charge in [-0.3, -0.25) is 0 Å². The van der Waals surface area contributed by atoms with E-state index in [4.69, 9.17) is 9.40 Å². The number of hydrogen-bond acceptors (Lipinski definition) is 3. The number of pyridine rings is 1. The standard InChI is InChI=1S/C61H37N3O/c1-3-13-38(14-4-1)40-27-33-56-52(37-40)60-59-48(46-17-7-9-22-53(46)62-60)20-12-24-57(59)64(56)44-30-25-39(26-31-44)45-19-11-21-49-51-36-42(29-34-58(51)65-61(45)49)41-28-32-55-50(35-41)47-18-8-10-23-54(47)63(55)43-15-5-2-6-16-43/h1-37H. The zero-order valence-corrected chi connectivity index (χ0v) is 35.1. The Morgan fingerprint density at radius 1 is 0.354 bits per heavy atom. The Labute approximate surface area is 374 Å². The van der Waals surface area contributed by atoms with Crippen LogP contribution < -0.4 is 4.90 Å². The Balaban J connectivity index is 0.868. The van der Waals surface area contributed by atoms with Crippen molar-refractivity contribution in [3.63, 3.8) is 0 Å². The molecule has 1 aliphatic rings. The molecule has 3 aromatic heterocycles. The van der Waals surface area contributed by atoms with Crippen LogP contribution in [0.1, 0.15) is 0 Å². The molecule has 4 heterocycles. The summed E-state index contributed by atoms with van der Waals surface area (Å²) in [6.07, 6.45) is 0. The second-order valence-corrected chi connectivity index (χ2v) is 17.1. The van der Waals surface area contributed by atoms with Crippen LogP contribution in [0.15, 0.2) is 229 Å². The number of rotatable bonds is 5. The molecule has 13 aromatic rings. The van der Waals surface area contributed by atoms with Crippen molar-refractivity contribution in [3.05, 3.63) is 224 Å². The summed E-state index contributed by atoms with van der Waals surface area (Å²) in [7, 11) is 0. The van der Waals surface area contributed by atoms with Crippen molar-refractivity contribution in [1.82, 2.24) is 9.55 Å². The van der Waals surface area contributed by atoms with E-state index in [0.29, 0.717) is 0 Å². The lowest BCUT2D eigenvalue weighted by atomic mass is 9.90. The summed E-state index contributed by atoms with van der Waals surface area (Å²) >= 11 is 0. The molecule has 4 heteroatoms. The summed E-state index contributed by atoms with van der Waals surface area (Å²) < 4.78 is 9.10. The van der Waals surface area contributed by atoms with Crippen LogP contribution in [0.25, 0.3) is 116 Å². The lowest BCUT2D eigenvalue weighted by molar-refractivity contribution is 0.670. The first kappa shape index (κ1) is 35.8. The molecule has 0 saturated heterocycles. The third kappa shape index (κ3) is 5.41. The molecule has 0 aliphatic carbocycles. The molecule has 0 atom stereocenters. The largest absolute Gasteiger partial charge is 0.455 e. The van der Waals surface area contributed by atoms with Gasteiger partial charge in [-0.25, -0.2) is 4.98 Å². The van der Waals surface area contributed by atoms with E-state index < -0.39 is 0 Å². The second kappa shape index (κ2) is 13.9. The lowest BCUT2D eigenvalue weighted by Gasteiger charge is -2.33. The molecule has 0 amide bonds. The van der Waals surface area contributed by atoms with Crippen molar-refractivity contribution < 1.29 is 4.42 Å². The monoisotopic (exact) mass is 827 g/mol. The summed E-state index contributed by atoms with van der Waals surface area (Å²) in [5.74, 6) is 0. The van der Waals surface area contributed by atoms with Gasteiger partial charge < -0.3 is 13.9 Å². The van der Waals surface area contributed by atoms with E-state index in [1.54, 1.807) is 0 Å². The molecular formula is C61H37N3O. The van der Waals surface area contributed by atoms with E-state index >= 15 is 0 Å². The van der Waals surface area contributed by atoms with Gasteiger partial charge in [0.1, 0.15) is 11.2 Å². The van der Waals surface area contributed by atoms with Crippen LogP contribution in [0.4, 0.5) is 17.1 Å². The highest BCUT2D eigenvalue weighted by Gasteiger charge is 2.29. The van der Waals surface area contributed by atoms with Gasteiger partial charge in [0.05, 0.1) is 33.6 Å². The Morgan fingerprint density at radius 2 is 1.00 bits per heavy atom. The minimum atomic E-state index is 0.877. The molecule has 65 heavy (non-hydrogen) atoms. The van der Waals surface area contributed by atoms with Crippen molar-refractivity contribution in [2.75, 3.05) is 4.90 Å². The van der Waals surface area contributed by atoms with Gasteiger partial charge in [-0.1, -0.05) is 146 Å². The zero-order valence-electron chi connectivity index (χ0n) is 35.1. The fourth-order valence-corrected chi connectivity index (χ4v) is 10.5. The van der Waals surface area contributed by atoms with Gasteiger partial charge in [0, 0.05) is 54.8 Å². The SMILES string of the molecule is c1ccc(-c2ccc3c(c2)-c2nc4ccccc4c4cccc(c24)N3c2ccc(-c3cccc4c3oc3ccc(-c5ccc6c(c5)c5ccccc5n6-c5ccccc5)cc34)cc2)cc1. The quantitative estimate of drug-likeness (QED) is 0.162. The third-order valence-corrected chi connectivity index (χ3v) is 13.5. The fourth-order valence-electron chi connectivity index (χ4n) is 10.5. The van der Waals surface area contributed by atoms with E-state index in [2.05, 4.69) is 234 Å². The Morgan fingerprint density at radius 3 is 1.86 bits per heavy atom. The minimum absolute atomic E-state index is 0.877. The van der Waals surface area contributed by atoms with Gasteiger partial charge in [0.15, 0.2) is 0 Å².